The number of hydrogen-bond acceptors (Lipinski definition) is 9. The number of alkyl carbamates (subject to hydrolysis) is 2. The molecule has 0 fully saturated rings. The second-order valence-corrected chi connectivity index (χ2v) is 9.03. The number of guanidine groups is 1. The molecule has 2 aromatic rings. The molecule has 2 aromatic carbocycles. The number of ketones is 1. The molecule has 12 nitrogen and oxygen atoms in total. The number of carbonyl (C=O) groups excluding carboxylic acids is 4. The van der Waals surface area contributed by atoms with Crippen LogP contribution in [0.3, 0.4) is 0 Å². The summed E-state index contributed by atoms with van der Waals surface area (Å²) in [5.74, 6) is -0.957. The number of benzene rings is 2. The summed E-state index contributed by atoms with van der Waals surface area (Å²) >= 11 is 0. The molecule has 2 rings (SSSR count). The predicted octanol–water partition coefficient (Wildman–Crippen LogP) is 3.16. The first-order valence-corrected chi connectivity index (χ1v) is 12.1. The smallest absolute Gasteiger partial charge is 0.413 e. The van der Waals surface area contributed by atoms with Crippen LogP contribution in [0.25, 0.3) is 0 Å². The number of Topliss-reactive ketones (excluding diaryl/α,β-unsaturated/α-hetero) is 1. The number of methoxy groups -OCH3 is 2. The third-order valence-electron chi connectivity index (χ3n) is 4.73. The van der Waals surface area contributed by atoms with E-state index in [9.17, 15) is 27.6 Å². The normalized spacial score (nSPS) is 10.6. The van der Waals surface area contributed by atoms with E-state index >= 15 is 0 Å². The van der Waals surface area contributed by atoms with Gasteiger partial charge in [0.25, 0.3) is 0 Å². The zero-order chi connectivity index (χ0) is 26.9. The van der Waals surface area contributed by atoms with Gasteiger partial charge >= 0.3 is 12.2 Å². The van der Waals surface area contributed by atoms with Crippen molar-refractivity contribution in [3.63, 3.8) is 0 Å². The Hall–Kier alpha value is -4.26. The average Bonchev–Trinajstić information content (AvgIpc) is 2.88. The third kappa shape index (κ3) is 7.12. The van der Waals surface area contributed by atoms with Crippen molar-refractivity contribution in [1.29, 1.82) is 0 Å². The van der Waals surface area contributed by atoms with E-state index in [1.165, 1.54) is 42.5 Å². The minimum atomic E-state index is -4.03. The van der Waals surface area contributed by atoms with Crippen molar-refractivity contribution in [2.45, 2.75) is 36.5 Å². The van der Waals surface area contributed by atoms with Gasteiger partial charge in [0.1, 0.15) is 0 Å². The molecule has 0 saturated heterocycles. The Labute approximate surface area is 208 Å². The SMILES string of the molecule is CCC(=O)Nc1cc(S(=O)(=O)c2ccc(C(=O)CC)cc2)ccc1N=C(NC(=O)OC)NC(=O)OC. The van der Waals surface area contributed by atoms with Crippen molar-refractivity contribution in [3.8, 4) is 0 Å². The van der Waals surface area contributed by atoms with Crippen molar-refractivity contribution in [2.75, 3.05) is 19.5 Å². The Bertz CT molecular complexity index is 1270. The first-order chi connectivity index (χ1) is 17.0. The van der Waals surface area contributed by atoms with E-state index in [0.29, 0.717) is 5.56 Å². The van der Waals surface area contributed by atoms with E-state index in [2.05, 4.69) is 30.4 Å². The highest BCUT2D eigenvalue weighted by Gasteiger charge is 2.21. The first-order valence-electron chi connectivity index (χ1n) is 10.7. The minimum Gasteiger partial charge on any atom is -0.453 e. The highest BCUT2D eigenvalue weighted by Crippen LogP contribution is 2.31. The molecule has 13 heteroatoms. The zero-order valence-electron chi connectivity index (χ0n) is 20.1. The molecule has 0 aromatic heterocycles. The molecular weight excluding hydrogens is 492 g/mol. The molecule has 0 aliphatic carbocycles. The fourth-order valence-electron chi connectivity index (χ4n) is 2.78. The van der Waals surface area contributed by atoms with Crippen LogP contribution in [0.2, 0.25) is 0 Å². The second-order valence-electron chi connectivity index (χ2n) is 7.08. The molecule has 0 heterocycles. The van der Waals surface area contributed by atoms with Gasteiger partial charge < -0.3 is 14.8 Å². The summed E-state index contributed by atoms with van der Waals surface area (Å²) in [6.45, 7) is 3.30. The van der Waals surface area contributed by atoms with Crippen LogP contribution in [-0.2, 0) is 24.1 Å². The number of carbonyl (C=O) groups is 4. The van der Waals surface area contributed by atoms with Crippen molar-refractivity contribution in [3.05, 3.63) is 48.0 Å². The molecule has 0 spiro atoms. The maximum atomic E-state index is 13.2. The van der Waals surface area contributed by atoms with Crippen LogP contribution in [0.5, 0.6) is 0 Å². The van der Waals surface area contributed by atoms with Crippen LogP contribution < -0.4 is 16.0 Å². The molecule has 0 aliphatic heterocycles. The van der Waals surface area contributed by atoms with Crippen molar-refractivity contribution in [2.24, 2.45) is 4.99 Å². The number of ether oxygens (including phenoxy) is 2. The second kappa shape index (κ2) is 12.4. The van der Waals surface area contributed by atoms with Gasteiger partial charge in [0.2, 0.25) is 21.7 Å². The topological polar surface area (TPSA) is 169 Å². The molecule has 0 bridgehead atoms. The van der Waals surface area contributed by atoms with Crippen LogP contribution in [0.15, 0.2) is 57.2 Å². The first kappa shape index (κ1) is 28.0. The van der Waals surface area contributed by atoms with E-state index < -0.39 is 33.9 Å². The third-order valence-corrected chi connectivity index (χ3v) is 6.49. The summed E-state index contributed by atoms with van der Waals surface area (Å²) in [7, 11) is -1.84. The highest BCUT2D eigenvalue weighted by molar-refractivity contribution is 7.91. The van der Waals surface area contributed by atoms with Gasteiger partial charge in [0.05, 0.1) is 35.4 Å². The molecule has 0 unspecified atom stereocenters. The lowest BCUT2D eigenvalue weighted by Gasteiger charge is -2.13. The van der Waals surface area contributed by atoms with E-state index in [4.69, 9.17) is 0 Å². The van der Waals surface area contributed by atoms with Crippen molar-refractivity contribution >= 4 is 51.0 Å². The van der Waals surface area contributed by atoms with E-state index in [0.717, 1.165) is 14.2 Å². The standard InChI is InChI=1S/C23H26N4O8S/c1-5-19(28)14-7-9-15(10-8-14)36(32,33)16-11-12-17(18(13-16)24-20(29)6-2)25-21(26-22(30)34-3)27-23(31)35-4/h7-13H,5-6H2,1-4H3,(H,24,29)(H2,25,26,27,30,31). The minimum absolute atomic E-state index is 0.00321. The summed E-state index contributed by atoms with van der Waals surface area (Å²) in [6.07, 6.45) is -1.53. The molecule has 3 N–H and O–H groups in total. The van der Waals surface area contributed by atoms with Crippen LogP contribution >= 0.6 is 0 Å². The van der Waals surface area contributed by atoms with Crippen molar-refractivity contribution in [1.82, 2.24) is 10.6 Å². The molecular formula is C23H26N4O8S. The van der Waals surface area contributed by atoms with E-state index in [-0.39, 0.29) is 39.8 Å². The van der Waals surface area contributed by atoms with Gasteiger partial charge in [-0.05, 0) is 30.3 Å². The van der Waals surface area contributed by atoms with Gasteiger partial charge in [-0.15, -0.1) is 0 Å². The zero-order valence-corrected chi connectivity index (χ0v) is 20.9. The van der Waals surface area contributed by atoms with Crippen LogP contribution in [0, 0.1) is 0 Å². The number of amides is 3. The summed E-state index contributed by atoms with van der Waals surface area (Å²) in [5.41, 5.74) is 0.403. The lowest BCUT2D eigenvalue weighted by molar-refractivity contribution is -0.115. The van der Waals surface area contributed by atoms with E-state index in [1.807, 2.05) is 0 Å². The summed E-state index contributed by atoms with van der Waals surface area (Å²) in [4.78, 5) is 51.1. The molecule has 3 amide bonds. The highest BCUT2D eigenvalue weighted by atomic mass is 32.2. The van der Waals surface area contributed by atoms with Gasteiger partial charge in [-0.1, -0.05) is 26.0 Å². The van der Waals surface area contributed by atoms with Crippen LogP contribution in [0.1, 0.15) is 37.0 Å². The molecule has 192 valence electrons. The number of anilines is 1. The van der Waals surface area contributed by atoms with Gasteiger partial charge in [0, 0.05) is 18.4 Å². The van der Waals surface area contributed by atoms with Gasteiger partial charge in [-0.2, -0.15) is 0 Å². The Morgan fingerprint density at radius 2 is 1.39 bits per heavy atom. The number of aliphatic imine (C=N–C) groups is 1. The number of rotatable bonds is 7. The van der Waals surface area contributed by atoms with Gasteiger partial charge in [0.15, 0.2) is 5.78 Å². The number of hydrogen-bond donors (Lipinski definition) is 3. The Morgan fingerprint density at radius 1 is 0.833 bits per heavy atom. The summed E-state index contributed by atoms with van der Waals surface area (Å²) < 4.78 is 35.4. The number of sulfone groups is 1. The lowest BCUT2D eigenvalue weighted by atomic mass is 10.1. The molecule has 0 atom stereocenters. The number of nitrogens with zero attached hydrogens (tertiary/aromatic N) is 1. The molecule has 0 radical (unpaired) electrons. The predicted molar refractivity (Wildman–Crippen MR) is 130 cm³/mol. The Morgan fingerprint density at radius 3 is 1.89 bits per heavy atom. The summed E-state index contributed by atoms with van der Waals surface area (Å²) in [6, 6.07) is 9.24. The fraction of sp³-hybridized carbons (Fsp3) is 0.261. The Kier molecular flexibility index (Phi) is 9.67. The number of nitrogens with one attached hydrogen (secondary N) is 3. The van der Waals surface area contributed by atoms with Crippen molar-refractivity contribution < 1.29 is 37.1 Å². The Balaban J connectivity index is 2.57. The van der Waals surface area contributed by atoms with Gasteiger partial charge in [-0.25, -0.2) is 23.0 Å². The van der Waals surface area contributed by atoms with Crippen LogP contribution in [0.4, 0.5) is 21.0 Å². The average molecular weight is 519 g/mol. The largest absolute Gasteiger partial charge is 0.453 e. The molecule has 0 aliphatic rings. The quantitative estimate of drug-likeness (QED) is 0.285. The monoisotopic (exact) mass is 518 g/mol. The maximum absolute atomic E-state index is 13.2. The van der Waals surface area contributed by atoms with Gasteiger partial charge in [-0.3, -0.25) is 20.2 Å². The molecule has 36 heavy (non-hydrogen) atoms. The van der Waals surface area contributed by atoms with E-state index in [1.54, 1.807) is 13.8 Å². The lowest BCUT2D eigenvalue weighted by Crippen LogP contribution is -2.43. The fourth-order valence-corrected chi connectivity index (χ4v) is 4.07. The summed E-state index contributed by atoms with van der Waals surface area (Å²) in [5, 5.41) is 6.92. The molecule has 0 saturated carbocycles. The maximum Gasteiger partial charge on any atom is 0.413 e. The van der Waals surface area contributed by atoms with Crippen LogP contribution in [-0.4, -0.2) is 52.5 Å².